The lowest BCUT2D eigenvalue weighted by Crippen LogP contribution is -2.46. The molecule has 5 rings (SSSR count). The number of halogens is 3. The first kappa shape index (κ1) is 23.2. The second kappa shape index (κ2) is 9.61. The Balaban J connectivity index is 1.19. The number of hydrogen-bond acceptors (Lipinski definition) is 7. The van der Waals surface area contributed by atoms with Crippen LogP contribution >= 0.6 is 0 Å². The van der Waals surface area contributed by atoms with Crippen LogP contribution in [0.15, 0.2) is 48.5 Å². The maximum Gasteiger partial charge on any atom is 0.416 e. The number of alkyl halides is 3. The first-order valence-electron chi connectivity index (χ1n) is 11.4. The van der Waals surface area contributed by atoms with E-state index in [2.05, 4.69) is 31.2 Å². The van der Waals surface area contributed by atoms with Crippen molar-refractivity contribution in [2.24, 2.45) is 0 Å². The van der Waals surface area contributed by atoms with Crippen LogP contribution in [0.4, 0.5) is 24.9 Å². The third-order valence-electron chi connectivity index (χ3n) is 6.07. The fraction of sp³-hybridized carbons (Fsp3) is 0.360. The van der Waals surface area contributed by atoms with Gasteiger partial charge >= 0.3 is 6.18 Å². The molecule has 1 saturated heterocycles. The maximum absolute atomic E-state index is 13.0. The van der Waals surface area contributed by atoms with E-state index in [4.69, 9.17) is 9.47 Å². The van der Waals surface area contributed by atoms with E-state index in [0.717, 1.165) is 62.0 Å². The van der Waals surface area contributed by atoms with Crippen LogP contribution in [-0.4, -0.2) is 47.8 Å². The summed E-state index contributed by atoms with van der Waals surface area (Å²) in [4.78, 5) is 13.7. The first-order chi connectivity index (χ1) is 16.8. The molecule has 7 nitrogen and oxygen atoms in total. The van der Waals surface area contributed by atoms with Gasteiger partial charge in [-0.25, -0.2) is 4.98 Å². The number of aryl methyl sites for hydroxylation is 1. The topological polar surface area (TPSA) is 62.8 Å². The molecule has 2 aromatic carbocycles. The number of benzene rings is 2. The second-order valence-corrected chi connectivity index (χ2v) is 8.70. The van der Waals surface area contributed by atoms with Crippen molar-refractivity contribution in [2.45, 2.75) is 26.2 Å². The third kappa shape index (κ3) is 5.59. The Bertz CT molecular complexity index is 1200. The number of aromatic nitrogens is 2. The smallest absolute Gasteiger partial charge is 0.416 e. The molecule has 0 atom stereocenters. The molecule has 1 N–H and O–H groups in total. The third-order valence-corrected chi connectivity index (χ3v) is 6.07. The minimum absolute atomic E-state index is 0.239. The van der Waals surface area contributed by atoms with Gasteiger partial charge in [0.05, 0.1) is 5.56 Å². The molecule has 35 heavy (non-hydrogen) atoms. The standard InChI is InChI=1S/C25H26F3N5O2/c1-17-11-23(29-14-18-3-2-4-20(12-18)25(26,27)28)31-24(30-17)33-9-7-32(8-10-33)15-19-5-6-21-22(13-19)35-16-34-21/h2-6,11-13H,7-10,14-16H2,1H3,(H,29,30,31). The predicted octanol–water partition coefficient (Wildman–Crippen LogP) is 4.47. The first-order valence-corrected chi connectivity index (χ1v) is 11.4. The van der Waals surface area contributed by atoms with E-state index < -0.39 is 11.7 Å². The quantitative estimate of drug-likeness (QED) is 0.553. The van der Waals surface area contributed by atoms with Gasteiger partial charge in [0, 0.05) is 51.0 Å². The summed E-state index contributed by atoms with van der Waals surface area (Å²) in [5.41, 5.74) is 1.85. The summed E-state index contributed by atoms with van der Waals surface area (Å²) in [5.74, 6) is 2.79. The number of nitrogens with zero attached hydrogens (tertiary/aromatic N) is 4. The monoisotopic (exact) mass is 485 g/mol. The van der Waals surface area contributed by atoms with E-state index in [9.17, 15) is 13.2 Å². The minimum Gasteiger partial charge on any atom is -0.454 e. The molecule has 0 bridgehead atoms. The van der Waals surface area contributed by atoms with Crippen molar-refractivity contribution in [1.82, 2.24) is 14.9 Å². The summed E-state index contributed by atoms with van der Waals surface area (Å²) < 4.78 is 49.8. The zero-order valence-electron chi connectivity index (χ0n) is 19.3. The zero-order chi connectivity index (χ0) is 24.4. The molecular formula is C25H26F3N5O2. The number of rotatable bonds is 6. The molecule has 10 heteroatoms. The van der Waals surface area contributed by atoms with Crippen LogP contribution in [0.1, 0.15) is 22.4 Å². The molecule has 2 aliphatic heterocycles. The number of nitrogens with one attached hydrogen (secondary N) is 1. The lowest BCUT2D eigenvalue weighted by molar-refractivity contribution is -0.137. The molecule has 3 heterocycles. The van der Waals surface area contributed by atoms with Gasteiger partial charge in [0.15, 0.2) is 11.5 Å². The lowest BCUT2D eigenvalue weighted by atomic mass is 10.1. The van der Waals surface area contributed by atoms with Crippen molar-refractivity contribution in [2.75, 3.05) is 43.2 Å². The van der Waals surface area contributed by atoms with Crippen molar-refractivity contribution >= 4 is 11.8 Å². The summed E-state index contributed by atoms with van der Waals surface area (Å²) >= 11 is 0. The Morgan fingerprint density at radius 1 is 0.914 bits per heavy atom. The summed E-state index contributed by atoms with van der Waals surface area (Å²) in [7, 11) is 0. The van der Waals surface area contributed by atoms with Crippen molar-refractivity contribution in [1.29, 1.82) is 0 Å². The number of anilines is 2. The molecule has 0 unspecified atom stereocenters. The largest absolute Gasteiger partial charge is 0.454 e. The fourth-order valence-corrected chi connectivity index (χ4v) is 4.24. The average molecular weight is 486 g/mol. The van der Waals surface area contributed by atoms with Crippen LogP contribution in [0.5, 0.6) is 11.5 Å². The average Bonchev–Trinajstić information content (AvgIpc) is 3.31. The number of piperazine rings is 1. The van der Waals surface area contributed by atoms with Crippen molar-refractivity contribution in [3.8, 4) is 11.5 Å². The minimum atomic E-state index is -4.36. The molecule has 184 valence electrons. The Morgan fingerprint density at radius 3 is 2.51 bits per heavy atom. The van der Waals surface area contributed by atoms with Crippen LogP contribution < -0.4 is 19.7 Å². The highest BCUT2D eigenvalue weighted by Gasteiger charge is 2.30. The molecule has 1 aromatic heterocycles. The van der Waals surface area contributed by atoms with Gasteiger partial charge in [-0.05, 0) is 42.3 Å². The molecule has 0 spiro atoms. The molecule has 0 aliphatic carbocycles. The van der Waals surface area contributed by atoms with Crippen molar-refractivity contribution in [3.63, 3.8) is 0 Å². The van der Waals surface area contributed by atoms with Crippen LogP contribution in [0.2, 0.25) is 0 Å². The van der Waals surface area contributed by atoms with Gasteiger partial charge in [-0.15, -0.1) is 0 Å². The van der Waals surface area contributed by atoms with Gasteiger partial charge < -0.3 is 19.7 Å². The molecule has 0 amide bonds. The van der Waals surface area contributed by atoms with Crippen molar-refractivity contribution < 1.29 is 22.6 Å². The molecule has 1 fully saturated rings. The Morgan fingerprint density at radius 2 is 1.71 bits per heavy atom. The summed E-state index contributed by atoms with van der Waals surface area (Å²) in [6.45, 7) is 6.49. The summed E-state index contributed by atoms with van der Waals surface area (Å²) in [6, 6.07) is 13.1. The fourth-order valence-electron chi connectivity index (χ4n) is 4.24. The van der Waals surface area contributed by atoms with E-state index in [0.29, 0.717) is 17.3 Å². The summed E-state index contributed by atoms with van der Waals surface area (Å²) in [5, 5.41) is 3.14. The van der Waals surface area contributed by atoms with E-state index in [-0.39, 0.29) is 13.3 Å². The van der Waals surface area contributed by atoms with Crippen LogP contribution in [0.3, 0.4) is 0 Å². The van der Waals surface area contributed by atoms with Gasteiger partial charge in [0.2, 0.25) is 12.7 Å². The maximum atomic E-state index is 13.0. The van der Waals surface area contributed by atoms with Gasteiger partial charge in [-0.1, -0.05) is 18.2 Å². The van der Waals surface area contributed by atoms with Gasteiger partial charge in [-0.3, -0.25) is 4.90 Å². The van der Waals surface area contributed by atoms with Crippen LogP contribution in [-0.2, 0) is 19.3 Å². The van der Waals surface area contributed by atoms with Crippen LogP contribution in [0, 0.1) is 6.92 Å². The molecular weight excluding hydrogens is 459 g/mol. The summed E-state index contributed by atoms with van der Waals surface area (Å²) in [6.07, 6.45) is -4.36. The predicted molar refractivity (Wildman–Crippen MR) is 126 cm³/mol. The number of ether oxygens (including phenoxy) is 2. The molecule has 3 aromatic rings. The molecule has 0 radical (unpaired) electrons. The van der Waals surface area contributed by atoms with Gasteiger partial charge in [0.25, 0.3) is 0 Å². The zero-order valence-corrected chi connectivity index (χ0v) is 19.3. The highest BCUT2D eigenvalue weighted by Crippen LogP contribution is 2.33. The SMILES string of the molecule is Cc1cc(NCc2cccc(C(F)(F)F)c2)nc(N2CCN(Cc3ccc4c(c3)OCO4)CC2)n1. The van der Waals surface area contributed by atoms with E-state index in [1.165, 1.54) is 11.6 Å². The second-order valence-electron chi connectivity index (χ2n) is 8.70. The Hall–Kier alpha value is -3.53. The highest BCUT2D eigenvalue weighted by atomic mass is 19.4. The molecule has 0 saturated carbocycles. The van der Waals surface area contributed by atoms with Gasteiger partial charge in [-0.2, -0.15) is 18.2 Å². The van der Waals surface area contributed by atoms with Gasteiger partial charge in [0.1, 0.15) is 5.82 Å². The van der Waals surface area contributed by atoms with Crippen LogP contribution in [0.25, 0.3) is 0 Å². The van der Waals surface area contributed by atoms with E-state index >= 15 is 0 Å². The highest BCUT2D eigenvalue weighted by molar-refractivity contribution is 5.46. The molecule has 2 aliphatic rings. The number of hydrogen-bond donors (Lipinski definition) is 1. The number of fused-ring (bicyclic) bond motifs is 1. The normalized spacial score (nSPS) is 15.9. The van der Waals surface area contributed by atoms with E-state index in [1.807, 2.05) is 19.1 Å². The van der Waals surface area contributed by atoms with E-state index in [1.54, 1.807) is 12.1 Å². The Kier molecular flexibility index (Phi) is 6.38. The lowest BCUT2D eigenvalue weighted by Gasteiger charge is -2.35. The van der Waals surface area contributed by atoms with Crippen molar-refractivity contribution in [3.05, 3.63) is 70.9 Å². The Labute approximate surface area is 201 Å².